The molecule has 0 radical (unpaired) electrons. The van der Waals surface area contributed by atoms with Gasteiger partial charge in [0.1, 0.15) is 0 Å². The number of piperazine rings is 1. The van der Waals surface area contributed by atoms with Crippen LogP contribution in [0.5, 0.6) is 0 Å². The summed E-state index contributed by atoms with van der Waals surface area (Å²) in [6.45, 7) is 9.72. The third-order valence-corrected chi connectivity index (χ3v) is 5.52. The molecule has 0 atom stereocenters. The fraction of sp³-hybridized carbons (Fsp3) is 0.529. The zero-order valence-electron chi connectivity index (χ0n) is 13.6. The zero-order chi connectivity index (χ0) is 15.7. The monoisotopic (exact) mass is 317 g/mol. The number of benzene rings is 1. The van der Waals surface area contributed by atoms with Gasteiger partial charge in [0.25, 0.3) is 0 Å². The number of aryl methyl sites for hydroxylation is 2. The van der Waals surface area contributed by atoms with Gasteiger partial charge in [0.15, 0.2) is 5.13 Å². The summed E-state index contributed by atoms with van der Waals surface area (Å²) in [6.07, 6.45) is 1.59. The molecule has 1 saturated heterocycles. The van der Waals surface area contributed by atoms with Crippen LogP contribution in [0.2, 0.25) is 0 Å². The average Bonchev–Trinajstić information content (AvgIpc) is 2.96. The Hall–Kier alpha value is -1.62. The molecule has 5 heteroatoms. The van der Waals surface area contributed by atoms with Crippen LogP contribution in [0.3, 0.4) is 0 Å². The van der Waals surface area contributed by atoms with Crippen LogP contribution in [-0.2, 0) is 4.79 Å². The van der Waals surface area contributed by atoms with Crippen molar-refractivity contribution in [2.45, 2.75) is 33.6 Å². The number of rotatable bonds is 3. The van der Waals surface area contributed by atoms with Crippen LogP contribution in [0.15, 0.2) is 12.1 Å². The first kappa shape index (κ1) is 15.3. The van der Waals surface area contributed by atoms with E-state index in [0.717, 1.165) is 43.2 Å². The van der Waals surface area contributed by atoms with Gasteiger partial charge in [-0.1, -0.05) is 24.3 Å². The minimum atomic E-state index is 0.290. The van der Waals surface area contributed by atoms with Gasteiger partial charge in [-0.15, -0.1) is 0 Å². The van der Waals surface area contributed by atoms with Gasteiger partial charge in [-0.3, -0.25) is 4.79 Å². The molecule has 1 aromatic heterocycles. The van der Waals surface area contributed by atoms with Crippen molar-refractivity contribution in [2.75, 3.05) is 31.1 Å². The average molecular weight is 317 g/mol. The number of amides is 1. The summed E-state index contributed by atoms with van der Waals surface area (Å²) in [5.74, 6) is 0.290. The molecule has 22 heavy (non-hydrogen) atoms. The van der Waals surface area contributed by atoms with Crippen molar-refractivity contribution in [1.29, 1.82) is 0 Å². The molecular formula is C17H23N3OS. The van der Waals surface area contributed by atoms with Gasteiger partial charge < -0.3 is 9.80 Å². The Morgan fingerprint density at radius 2 is 1.95 bits per heavy atom. The maximum atomic E-state index is 12.0. The molecule has 0 saturated carbocycles. The highest BCUT2D eigenvalue weighted by atomic mass is 32.1. The number of fused-ring (bicyclic) bond motifs is 1. The molecular weight excluding hydrogens is 294 g/mol. The summed E-state index contributed by atoms with van der Waals surface area (Å²) in [6, 6.07) is 4.33. The third-order valence-electron chi connectivity index (χ3n) is 4.44. The van der Waals surface area contributed by atoms with Crippen LogP contribution in [0.1, 0.15) is 30.9 Å². The Morgan fingerprint density at radius 1 is 1.23 bits per heavy atom. The maximum Gasteiger partial charge on any atom is 0.222 e. The lowest BCUT2D eigenvalue weighted by Gasteiger charge is -2.34. The van der Waals surface area contributed by atoms with Crippen LogP contribution in [0, 0.1) is 13.8 Å². The summed E-state index contributed by atoms with van der Waals surface area (Å²) in [4.78, 5) is 21.1. The lowest BCUT2D eigenvalue weighted by molar-refractivity contribution is -0.131. The highest BCUT2D eigenvalue weighted by Crippen LogP contribution is 2.32. The van der Waals surface area contributed by atoms with E-state index in [1.165, 1.54) is 15.8 Å². The molecule has 118 valence electrons. The van der Waals surface area contributed by atoms with Crippen LogP contribution in [-0.4, -0.2) is 42.0 Å². The molecule has 0 bridgehead atoms. The summed E-state index contributed by atoms with van der Waals surface area (Å²) in [5, 5.41) is 1.09. The van der Waals surface area contributed by atoms with E-state index in [0.29, 0.717) is 6.42 Å². The largest absolute Gasteiger partial charge is 0.345 e. The molecule has 0 aliphatic carbocycles. The number of hydrogen-bond acceptors (Lipinski definition) is 4. The summed E-state index contributed by atoms with van der Waals surface area (Å²) >= 11 is 1.76. The highest BCUT2D eigenvalue weighted by molar-refractivity contribution is 7.22. The molecule has 1 aliphatic heterocycles. The molecule has 0 unspecified atom stereocenters. The van der Waals surface area contributed by atoms with Crippen LogP contribution in [0.4, 0.5) is 5.13 Å². The first-order valence-electron chi connectivity index (χ1n) is 7.99. The summed E-state index contributed by atoms with van der Waals surface area (Å²) in [7, 11) is 0. The number of carbonyl (C=O) groups excluding carboxylic acids is 1. The van der Waals surface area contributed by atoms with E-state index in [-0.39, 0.29) is 5.91 Å². The van der Waals surface area contributed by atoms with E-state index in [1.54, 1.807) is 11.3 Å². The van der Waals surface area contributed by atoms with Crippen molar-refractivity contribution in [3.63, 3.8) is 0 Å². The van der Waals surface area contributed by atoms with Gasteiger partial charge in [-0.05, 0) is 37.5 Å². The standard InChI is InChI=1S/C17H23N3OS/c1-4-5-15(21)19-8-10-20(11-9-19)17-18-16-13(3)12(2)6-7-14(16)22-17/h6-7H,4-5,8-11H2,1-3H3. The van der Waals surface area contributed by atoms with Gasteiger partial charge in [0.05, 0.1) is 10.2 Å². The lowest BCUT2D eigenvalue weighted by Crippen LogP contribution is -2.48. The second kappa shape index (κ2) is 6.24. The molecule has 1 fully saturated rings. The highest BCUT2D eigenvalue weighted by Gasteiger charge is 2.22. The minimum absolute atomic E-state index is 0.290. The van der Waals surface area contributed by atoms with Crippen molar-refractivity contribution < 1.29 is 4.79 Å². The molecule has 2 heterocycles. The van der Waals surface area contributed by atoms with E-state index in [9.17, 15) is 4.79 Å². The van der Waals surface area contributed by atoms with Crippen LogP contribution >= 0.6 is 11.3 Å². The zero-order valence-corrected chi connectivity index (χ0v) is 14.4. The van der Waals surface area contributed by atoms with Gasteiger partial charge in [0, 0.05) is 32.6 Å². The van der Waals surface area contributed by atoms with Crippen molar-refractivity contribution >= 4 is 32.6 Å². The number of carbonyl (C=O) groups is 1. The summed E-state index contributed by atoms with van der Waals surface area (Å²) in [5.41, 5.74) is 3.69. The first-order valence-corrected chi connectivity index (χ1v) is 8.81. The van der Waals surface area contributed by atoms with Crippen molar-refractivity contribution in [1.82, 2.24) is 9.88 Å². The Morgan fingerprint density at radius 3 is 2.64 bits per heavy atom. The molecule has 4 nitrogen and oxygen atoms in total. The van der Waals surface area contributed by atoms with Crippen LogP contribution in [0.25, 0.3) is 10.2 Å². The number of anilines is 1. The van der Waals surface area contributed by atoms with Gasteiger partial charge in [-0.2, -0.15) is 0 Å². The number of aromatic nitrogens is 1. The minimum Gasteiger partial charge on any atom is -0.345 e. The molecule has 2 aromatic rings. The van der Waals surface area contributed by atoms with Crippen molar-refractivity contribution in [2.24, 2.45) is 0 Å². The Labute approximate surface area is 135 Å². The van der Waals surface area contributed by atoms with Crippen molar-refractivity contribution in [3.8, 4) is 0 Å². The van der Waals surface area contributed by atoms with E-state index < -0.39 is 0 Å². The fourth-order valence-corrected chi connectivity index (χ4v) is 3.95. The van der Waals surface area contributed by atoms with E-state index in [4.69, 9.17) is 4.98 Å². The number of nitrogens with zero attached hydrogens (tertiary/aromatic N) is 3. The van der Waals surface area contributed by atoms with Crippen molar-refractivity contribution in [3.05, 3.63) is 23.3 Å². The lowest BCUT2D eigenvalue weighted by atomic mass is 10.1. The number of thiazole rings is 1. The second-order valence-corrected chi connectivity index (χ2v) is 6.98. The molecule has 1 aromatic carbocycles. The van der Waals surface area contributed by atoms with Gasteiger partial charge in [0.2, 0.25) is 5.91 Å². The molecule has 0 spiro atoms. The van der Waals surface area contributed by atoms with E-state index in [2.05, 4.69) is 37.8 Å². The fourth-order valence-electron chi connectivity index (χ4n) is 2.87. The summed E-state index contributed by atoms with van der Waals surface area (Å²) < 4.78 is 1.25. The predicted octanol–water partition coefficient (Wildman–Crippen LogP) is 3.36. The van der Waals surface area contributed by atoms with Gasteiger partial charge >= 0.3 is 0 Å². The topological polar surface area (TPSA) is 36.4 Å². The Kier molecular flexibility index (Phi) is 4.34. The predicted molar refractivity (Wildman–Crippen MR) is 92.8 cm³/mol. The first-order chi connectivity index (χ1) is 10.6. The molecule has 1 amide bonds. The normalized spacial score (nSPS) is 15.6. The molecule has 0 N–H and O–H groups in total. The third kappa shape index (κ3) is 2.82. The van der Waals surface area contributed by atoms with E-state index >= 15 is 0 Å². The maximum absolute atomic E-state index is 12.0. The molecule has 3 rings (SSSR count). The molecule has 1 aliphatic rings. The SMILES string of the molecule is CCCC(=O)N1CCN(c2nc3c(C)c(C)ccc3s2)CC1. The Bertz CT molecular complexity index is 687. The second-order valence-electron chi connectivity index (χ2n) is 5.97. The van der Waals surface area contributed by atoms with Crippen LogP contribution < -0.4 is 4.90 Å². The quantitative estimate of drug-likeness (QED) is 0.871. The smallest absolute Gasteiger partial charge is 0.222 e. The van der Waals surface area contributed by atoms with Gasteiger partial charge in [-0.25, -0.2) is 4.98 Å². The number of hydrogen-bond donors (Lipinski definition) is 0. The van der Waals surface area contributed by atoms with E-state index in [1.807, 2.05) is 4.90 Å². The Balaban J connectivity index is 1.74.